The Morgan fingerprint density at radius 3 is 2.27 bits per heavy atom. The number of benzene rings is 1. The van der Waals surface area contributed by atoms with Crippen LogP contribution in [0, 0.1) is 0 Å². The van der Waals surface area contributed by atoms with Crippen molar-refractivity contribution in [2.45, 2.75) is 12.7 Å². The smallest absolute Gasteiger partial charge is 0.419 e. The molecule has 0 aliphatic heterocycles. The van der Waals surface area contributed by atoms with Crippen molar-refractivity contribution in [2.75, 3.05) is 19.1 Å². The molecule has 1 aromatic heterocycles. The number of anilines is 1. The second-order valence-corrected chi connectivity index (χ2v) is 5.46. The number of ether oxygens (including phenoxy) is 1. The minimum absolute atomic E-state index is 0.209. The molecule has 0 spiro atoms. The molecule has 0 saturated carbocycles. The summed E-state index contributed by atoms with van der Waals surface area (Å²) < 4.78 is 43.0. The fourth-order valence-corrected chi connectivity index (χ4v) is 2.47. The molecule has 1 aromatic carbocycles. The molecule has 3 nitrogen and oxygen atoms in total. The zero-order chi connectivity index (χ0) is 16.3. The Morgan fingerprint density at radius 2 is 1.77 bits per heavy atom. The van der Waals surface area contributed by atoms with E-state index in [1.54, 1.807) is 19.1 Å². The zero-order valence-electron chi connectivity index (χ0n) is 12.0. The molecule has 0 radical (unpaired) electrons. The molecule has 0 amide bonds. The van der Waals surface area contributed by atoms with Gasteiger partial charge in [-0.15, -0.1) is 0 Å². The van der Waals surface area contributed by atoms with E-state index in [1.165, 1.54) is 6.07 Å². The number of pyridine rings is 1. The summed E-state index contributed by atoms with van der Waals surface area (Å²) in [5.41, 5.74) is 0.218. The molecule has 0 N–H and O–H groups in total. The summed E-state index contributed by atoms with van der Waals surface area (Å²) in [6, 6.07) is 9.84. The molecule has 118 valence electrons. The van der Waals surface area contributed by atoms with Crippen molar-refractivity contribution in [3.05, 3.63) is 52.1 Å². The first-order valence-corrected chi connectivity index (χ1v) is 7.18. The van der Waals surface area contributed by atoms with Gasteiger partial charge >= 0.3 is 6.18 Å². The molecule has 0 aliphatic rings. The van der Waals surface area contributed by atoms with E-state index in [0.29, 0.717) is 12.4 Å². The highest BCUT2D eigenvalue weighted by Gasteiger charge is 2.33. The topological polar surface area (TPSA) is 25.4 Å². The van der Waals surface area contributed by atoms with E-state index < -0.39 is 11.7 Å². The van der Waals surface area contributed by atoms with Gasteiger partial charge in [-0.25, -0.2) is 4.98 Å². The van der Waals surface area contributed by atoms with Gasteiger partial charge in [-0.1, -0.05) is 12.1 Å². The average Bonchev–Trinajstić information content (AvgIpc) is 2.46. The van der Waals surface area contributed by atoms with Crippen LogP contribution >= 0.6 is 15.9 Å². The van der Waals surface area contributed by atoms with Gasteiger partial charge in [0, 0.05) is 13.6 Å². The monoisotopic (exact) mass is 374 g/mol. The highest BCUT2D eigenvalue weighted by Crippen LogP contribution is 2.34. The van der Waals surface area contributed by atoms with Crippen LogP contribution in [0.5, 0.6) is 5.75 Å². The number of rotatable bonds is 4. The van der Waals surface area contributed by atoms with Crippen LogP contribution in [-0.2, 0) is 12.7 Å². The minimum Gasteiger partial charge on any atom is -0.497 e. The van der Waals surface area contributed by atoms with Crippen LogP contribution in [0.2, 0.25) is 0 Å². The molecule has 2 rings (SSSR count). The third-order valence-electron chi connectivity index (χ3n) is 3.11. The summed E-state index contributed by atoms with van der Waals surface area (Å²) in [6.07, 6.45) is -4.42. The number of alkyl halides is 3. The molecule has 7 heteroatoms. The Kier molecular flexibility index (Phi) is 4.95. The SMILES string of the molecule is COc1ccc(CN(C)c2ccc(C(F)(F)F)c(Br)n2)cc1. The first-order valence-electron chi connectivity index (χ1n) is 6.39. The van der Waals surface area contributed by atoms with Gasteiger partial charge in [-0.3, -0.25) is 0 Å². The Labute approximate surface area is 134 Å². The standard InChI is InChI=1S/C15H14BrF3N2O/c1-21(9-10-3-5-11(22-2)6-4-10)13-8-7-12(14(16)20-13)15(17,18)19/h3-8H,9H2,1-2H3. The van der Waals surface area contributed by atoms with Crippen LogP contribution in [0.3, 0.4) is 0 Å². The van der Waals surface area contributed by atoms with Crippen molar-refractivity contribution in [2.24, 2.45) is 0 Å². The molecule has 0 saturated heterocycles. The maximum absolute atomic E-state index is 12.7. The first kappa shape index (κ1) is 16.6. The minimum atomic E-state index is -4.42. The summed E-state index contributed by atoms with van der Waals surface area (Å²) in [5, 5.41) is 0. The van der Waals surface area contributed by atoms with Crippen molar-refractivity contribution in [3.63, 3.8) is 0 Å². The van der Waals surface area contributed by atoms with E-state index in [2.05, 4.69) is 20.9 Å². The predicted octanol–water partition coefficient (Wildman–Crippen LogP) is 4.51. The second kappa shape index (κ2) is 6.56. The molecule has 1 heterocycles. The van der Waals surface area contributed by atoms with Gasteiger partial charge in [0.15, 0.2) is 0 Å². The van der Waals surface area contributed by atoms with E-state index in [4.69, 9.17) is 4.74 Å². The molecule has 0 aliphatic carbocycles. The van der Waals surface area contributed by atoms with Gasteiger partial charge in [-0.2, -0.15) is 13.2 Å². The van der Waals surface area contributed by atoms with Crippen LogP contribution in [-0.4, -0.2) is 19.1 Å². The van der Waals surface area contributed by atoms with Crippen molar-refractivity contribution in [1.82, 2.24) is 4.98 Å². The van der Waals surface area contributed by atoms with Gasteiger partial charge in [0.2, 0.25) is 0 Å². The fourth-order valence-electron chi connectivity index (χ4n) is 1.93. The predicted molar refractivity (Wildman–Crippen MR) is 82.0 cm³/mol. The van der Waals surface area contributed by atoms with Crippen LogP contribution in [0.4, 0.5) is 19.0 Å². The normalized spacial score (nSPS) is 11.4. The lowest BCUT2D eigenvalue weighted by Gasteiger charge is -2.19. The lowest BCUT2D eigenvalue weighted by atomic mass is 10.2. The third kappa shape index (κ3) is 3.91. The van der Waals surface area contributed by atoms with E-state index in [0.717, 1.165) is 17.4 Å². The summed E-state index contributed by atoms with van der Waals surface area (Å²) in [7, 11) is 3.36. The number of hydrogen-bond donors (Lipinski definition) is 0. The van der Waals surface area contributed by atoms with Gasteiger partial charge < -0.3 is 9.64 Å². The molecular formula is C15H14BrF3N2O. The number of aromatic nitrogens is 1. The average molecular weight is 375 g/mol. The van der Waals surface area contributed by atoms with E-state index >= 15 is 0 Å². The maximum Gasteiger partial charge on any atom is 0.419 e. The number of methoxy groups -OCH3 is 1. The maximum atomic E-state index is 12.7. The van der Waals surface area contributed by atoms with Gasteiger partial charge in [0.05, 0.1) is 12.7 Å². The van der Waals surface area contributed by atoms with Gasteiger partial charge in [0.1, 0.15) is 16.2 Å². The molecule has 0 bridgehead atoms. The summed E-state index contributed by atoms with van der Waals surface area (Å²) in [5.74, 6) is 1.21. The number of hydrogen-bond acceptors (Lipinski definition) is 3. The van der Waals surface area contributed by atoms with Crippen LogP contribution in [0.1, 0.15) is 11.1 Å². The lowest BCUT2D eigenvalue weighted by Crippen LogP contribution is -2.18. The van der Waals surface area contributed by atoms with E-state index in [9.17, 15) is 13.2 Å². The molecular weight excluding hydrogens is 361 g/mol. The van der Waals surface area contributed by atoms with Crippen LogP contribution < -0.4 is 9.64 Å². The first-order chi connectivity index (χ1) is 10.3. The Hall–Kier alpha value is -1.76. The van der Waals surface area contributed by atoms with Gasteiger partial charge in [-0.05, 0) is 45.8 Å². The van der Waals surface area contributed by atoms with Crippen molar-refractivity contribution in [1.29, 1.82) is 0 Å². The largest absolute Gasteiger partial charge is 0.497 e. The fraction of sp³-hybridized carbons (Fsp3) is 0.267. The molecule has 0 fully saturated rings. The molecule has 2 aromatic rings. The summed E-state index contributed by atoms with van der Waals surface area (Å²) in [4.78, 5) is 5.74. The van der Waals surface area contributed by atoms with E-state index in [-0.39, 0.29) is 4.60 Å². The number of halogens is 4. The zero-order valence-corrected chi connectivity index (χ0v) is 13.6. The van der Waals surface area contributed by atoms with E-state index in [1.807, 2.05) is 24.3 Å². The van der Waals surface area contributed by atoms with Crippen molar-refractivity contribution >= 4 is 21.7 Å². The highest BCUT2D eigenvalue weighted by molar-refractivity contribution is 9.10. The Morgan fingerprint density at radius 1 is 1.14 bits per heavy atom. The number of nitrogens with zero attached hydrogens (tertiary/aromatic N) is 2. The highest BCUT2D eigenvalue weighted by atomic mass is 79.9. The van der Waals surface area contributed by atoms with Crippen LogP contribution in [0.15, 0.2) is 41.0 Å². The molecule has 0 unspecified atom stereocenters. The van der Waals surface area contributed by atoms with Crippen molar-refractivity contribution in [3.8, 4) is 5.75 Å². The Balaban J connectivity index is 2.15. The van der Waals surface area contributed by atoms with Gasteiger partial charge in [0.25, 0.3) is 0 Å². The summed E-state index contributed by atoms with van der Waals surface area (Å²) in [6.45, 7) is 0.523. The van der Waals surface area contributed by atoms with Crippen LogP contribution in [0.25, 0.3) is 0 Å². The summed E-state index contributed by atoms with van der Waals surface area (Å²) >= 11 is 2.88. The van der Waals surface area contributed by atoms with Crippen molar-refractivity contribution < 1.29 is 17.9 Å². The molecule has 0 atom stereocenters. The lowest BCUT2D eigenvalue weighted by molar-refractivity contribution is -0.138. The quantitative estimate of drug-likeness (QED) is 0.736. The Bertz CT molecular complexity index is 644. The second-order valence-electron chi connectivity index (χ2n) is 4.71. The molecule has 22 heavy (non-hydrogen) atoms. The third-order valence-corrected chi connectivity index (χ3v) is 3.71.